The lowest BCUT2D eigenvalue weighted by Gasteiger charge is -2.19. The summed E-state index contributed by atoms with van der Waals surface area (Å²) in [5, 5.41) is 8.55. The molecule has 4 heteroatoms. The molecule has 1 aliphatic heterocycles. The average Bonchev–Trinajstić information content (AvgIpc) is 2.18. The molecular formula is C10H8FNO2. The van der Waals surface area contributed by atoms with Crippen LogP contribution < -0.4 is 4.74 Å². The summed E-state index contributed by atoms with van der Waals surface area (Å²) in [5.74, 6) is 0.238. The van der Waals surface area contributed by atoms with Crippen LogP contribution in [0.15, 0.2) is 12.1 Å². The first-order valence-electron chi connectivity index (χ1n) is 4.20. The highest BCUT2D eigenvalue weighted by Crippen LogP contribution is 2.29. The van der Waals surface area contributed by atoms with Gasteiger partial charge in [-0.1, -0.05) is 0 Å². The summed E-state index contributed by atoms with van der Waals surface area (Å²) >= 11 is 0. The van der Waals surface area contributed by atoms with E-state index in [4.69, 9.17) is 14.7 Å². The first kappa shape index (κ1) is 8.97. The highest BCUT2D eigenvalue weighted by molar-refractivity contribution is 5.43. The van der Waals surface area contributed by atoms with Crippen molar-refractivity contribution in [2.45, 2.75) is 13.0 Å². The predicted octanol–water partition coefficient (Wildman–Crippen LogP) is 1.76. The maximum atomic E-state index is 13.1. The summed E-state index contributed by atoms with van der Waals surface area (Å²) in [5.41, 5.74) is 1.26. The third-order valence-electron chi connectivity index (χ3n) is 2.02. The Balaban J connectivity index is 2.48. The van der Waals surface area contributed by atoms with E-state index >= 15 is 0 Å². The first-order valence-corrected chi connectivity index (χ1v) is 4.20. The number of nitriles is 1. The van der Waals surface area contributed by atoms with Gasteiger partial charge in [0.15, 0.2) is 6.79 Å². The van der Waals surface area contributed by atoms with Crippen LogP contribution in [0.1, 0.15) is 11.1 Å². The van der Waals surface area contributed by atoms with E-state index < -0.39 is 0 Å². The zero-order valence-electron chi connectivity index (χ0n) is 7.42. The maximum absolute atomic E-state index is 13.1. The molecule has 0 fully saturated rings. The molecule has 0 saturated heterocycles. The number of fused-ring (bicyclic) bond motifs is 1. The molecule has 72 valence electrons. The monoisotopic (exact) mass is 193 g/mol. The molecule has 0 aliphatic carbocycles. The van der Waals surface area contributed by atoms with Gasteiger partial charge in [0.2, 0.25) is 0 Å². The quantitative estimate of drug-likeness (QED) is 0.682. The molecule has 1 aromatic rings. The molecule has 0 aromatic heterocycles. The number of ether oxygens (including phenoxy) is 2. The second-order valence-electron chi connectivity index (χ2n) is 3.00. The van der Waals surface area contributed by atoms with Gasteiger partial charge < -0.3 is 9.47 Å². The van der Waals surface area contributed by atoms with Gasteiger partial charge in [-0.25, -0.2) is 4.39 Å². The molecule has 1 heterocycles. The van der Waals surface area contributed by atoms with Crippen LogP contribution in [0, 0.1) is 17.1 Å². The molecule has 14 heavy (non-hydrogen) atoms. The Bertz CT molecular complexity index is 398. The van der Waals surface area contributed by atoms with Gasteiger partial charge in [0.05, 0.1) is 19.1 Å². The Labute approximate surface area is 80.7 Å². The highest BCUT2D eigenvalue weighted by Gasteiger charge is 2.16. The van der Waals surface area contributed by atoms with Gasteiger partial charge in [0.1, 0.15) is 11.6 Å². The Morgan fingerprint density at radius 2 is 2.36 bits per heavy atom. The SMILES string of the molecule is N#CCc1cc(F)cc2c1OCOC2. The molecule has 0 radical (unpaired) electrons. The highest BCUT2D eigenvalue weighted by atomic mass is 19.1. The van der Waals surface area contributed by atoms with Crippen LogP contribution in [0.4, 0.5) is 4.39 Å². The largest absolute Gasteiger partial charge is 0.467 e. The average molecular weight is 193 g/mol. The van der Waals surface area contributed by atoms with Crippen molar-refractivity contribution in [2.24, 2.45) is 0 Å². The summed E-state index contributed by atoms with van der Waals surface area (Å²) in [6, 6.07) is 4.67. The minimum atomic E-state index is -0.358. The Morgan fingerprint density at radius 3 is 3.14 bits per heavy atom. The van der Waals surface area contributed by atoms with Gasteiger partial charge in [-0.2, -0.15) is 5.26 Å². The van der Waals surface area contributed by atoms with Crippen molar-refractivity contribution in [3.8, 4) is 11.8 Å². The minimum absolute atomic E-state index is 0.153. The Hall–Kier alpha value is -1.60. The number of rotatable bonds is 1. The number of nitrogens with zero attached hydrogens (tertiary/aromatic N) is 1. The molecule has 2 rings (SSSR count). The lowest BCUT2D eigenvalue weighted by molar-refractivity contribution is -0.0171. The van der Waals surface area contributed by atoms with Crippen molar-refractivity contribution < 1.29 is 13.9 Å². The minimum Gasteiger partial charge on any atom is -0.467 e. The van der Waals surface area contributed by atoms with Gasteiger partial charge in [-0.05, 0) is 12.1 Å². The van der Waals surface area contributed by atoms with Crippen LogP contribution in [0.2, 0.25) is 0 Å². The molecule has 3 nitrogen and oxygen atoms in total. The summed E-state index contributed by atoms with van der Waals surface area (Å²) < 4.78 is 23.3. The van der Waals surface area contributed by atoms with Gasteiger partial charge >= 0.3 is 0 Å². The van der Waals surface area contributed by atoms with Gasteiger partial charge in [0, 0.05) is 11.1 Å². The van der Waals surface area contributed by atoms with E-state index in [1.54, 1.807) is 0 Å². The lowest BCUT2D eigenvalue weighted by atomic mass is 10.1. The molecule has 0 bridgehead atoms. The Morgan fingerprint density at radius 1 is 1.50 bits per heavy atom. The van der Waals surface area contributed by atoms with E-state index in [2.05, 4.69) is 0 Å². The topological polar surface area (TPSA) is 42.2 Å². The molecule has 1 aliphatic rings. The zero-order valence-corrected chi connectivity index (χ0v) is 7.42. The summed E-state index contributed by atoms with van der Waals surface area (Å²) in [6.45, 7) is 0.503. The third kappa shape index (κ3) is 1.54. The standard InChI is InChI=1S/C10H8FNO2/c11-9-3-7(1-2-12)10-8(4-9)5-13-6-14-10/h3-4H,1,5-6H2. The van der Waals surface area contributed by atoms with Crippen molar-refractivity contribution in [3.05, 3.63) is 29.1 Å². The normalized spacial score (nSPS) is 14.0. The molecule has 0 N–H and O–H groups in total. The smallest absolute Gasteiger partial charge is 0.189 e. The van der Waals surface area contributed by atoms with Crippen molar-refractivity contribution in [1.29, 1.82) is 5.26 Å². The molecule has 0 saturated carbocycles. The van der Waals surface area contributed by atoms with Crippen LogP contribution in [0.5, 0.6) is 5.75 Å². The van der Waals surface area contributed by atoms with E-state index in [9.17, 15) is 4.39 Å². The fourth-order valence-electron chi connectivity index (χ4n) is 1.47. The summed E-state index contributed by atoms with van der Waals surface area (Å²) in [4.78, 5) is 0. The summed E-state index contributed by atoms with van der Waals surface area (Å²) in [6.07, 6.45) is 0.153. The van der Waals surface area contributed by atoms with Gasteiger partial charge in [-0.15, -0.1) is 0 Å². The predicted molar refractivity (Wildman–Crippen MR) is 46.0 cm³/mol. The van der Waals surface area contributed by atoms with E-state index in [0.717, 1.165) is 0 Å². The first-order chi connectivity index (χ1) is 6.81. The van der Waals surface area contributed by atoms with Crippen LogP contribution in [0.25, 0.3) is 0 Å². The second kappa shape index (κ2) is 3.64. The molecule has 1 aromatic carbocycles. The fraction of sp³-hybridized carbons (Fsp3) is 0.300. The van der Waals surface area contributed by atoms with Crippen molar-refractivity contribution in [1.82, 2.24) is 0 Å². The molecular weight excluding hydrogens is 185 g/mol. The van der Waals surface area contributed by atoms with E-state index in [0.29, 0.717) is 23.5 Å². The van der Waals surface area contributed by atoms with Crippen LogP contribution in [0.3, 0.4) is 0 Å². The molecule has 0 unspecified atom stereocenters. The van der Waals surface area contributed by atoms with E-state index in [-0.39, 0.29) is 19.0 Å². The number of benzene rings is 1. The number of halogens is 1. The van der Waals surface area contributed by atoms with E-state index in [1.165, 1.54) is 12.1 Å². The third-order valence-corrected chi connectivity index (χ3v) is 2.02. The van der Waals surface area contributed by atoms with Crippen LogP contribution in [-0.2, 0) is 17.8 Å². The van der Waals surface area contributed by atoms with Crippen LogP contribution >= 0.6 is 0 Å². The zero-order chi connectivity index (χ0) is 9.97. The molecule has 0 spiro atoms. The summed E-state index contributed by atoms with van der Waals surface area (Å²) in [7, 11) is 0. The molecule has 0 atom stereocenters. The second-order valence-corrected chi connectivity index (χ2v) is 3.00. The van der Waals surface area contributed by atoms with Gasteiger partial charge in [0.25, 0.3) is 0 Å². The van der Waals surface area contributed by atoms with Crippen molar-refractivity contribution in [3.63, 3.8) is 0 Å². The van der Waals surface area contributed by atoms with Crippen molar-refractivity contribution >= 4 is 0 Å². The van der Waals surface area contributed by atoms with Gasteiger partial charge in [-0.3, -0.25) is 0 Å². The maximum Gasteiger partial charge on any atom is 0.189 e. The van der Waals surface area contributed by atoms with E-state index in [1.807, 2.05) is 6.07 Å². The number of hydrogen-bond donors (Lipinski definition) is 0. The Kier molecular flexibility index (Phi) is 2.33. The molecule has 0 amide bonds. The fourth-order valence-corrected chi connectivity index (χ4v) is 1.47. The van der Waals surface area contributed by atoms with Crippen LogP contribution in [-0.4, -0.2) is 6.79 Å². The van der Waals surface area contributed by atoms with Crippen molar-refractivity contribution in [2.75, 3.05) is 6.79 Å². The number of hydrogen-bond acceptors (Lipinski definition) is 3. The lowest BCUT2D eigenvalue weighted by Crippen LogP contribution is -2.13.